The fourth-order valence-electron chi connectivity index (χ4n) is 3.59. The largest absolute Gasteiger partial charge is 0.497 e. The first-order chi connectivity index (χ1) is 12.6. The molecule has 1 unspecified atom stereocenters. The van der Waals surface area contributed by atoms with Gasteiger partial charge in [-0.3, -0.25) is 4.79 Å². The molecule has 1 atom stereocenters. The first-order valence-electron chi connectivity index (χ1n) is 8.83. The molecule has 136 valence electrons. The number of nitrogens with one attached hydrogen (secondary N) is 1. The summed E-state index contributed by atoms with van der Waals surface area (Å²) in [5, 5.41) is 12.2. The van der Waals surface area contributed by atoms with Crippen molar-refractivity contribution in [3.8, 4) is 5.75 Å². The Morgan fingerprint density at radius 1 is 1.23 bits per heavy atom. The third-order valence-corrected chi connectivity index (χ3v) is 4.93. The lowest BCUT2D eigenvalue weighted by Gasteiger charge is -2.26. The van der Waals surface area contributed by atoms with Gasteiger partial charge in [0.05, 0.1) is 19.1 Å². The van der Waals surface area contributed by atoms with Crippen molar-refractivity contribution in [2.45, 2.75) is 31.6 Å². The highest BCUT2D eigenvalue weighted by atomic mass is 16.5. The van der Waals surface area contributed by atoms with Gasteiger partial charge < -0.3 is 15.2 Å². The quantitative estimate of drug-likeness (QED) is 0.836. The standard InChI is InChI=1S/C21H23NO4/c1-26-17-9-10-18-14(11-17)6-4-7-16(18)13-22-20(23)12-15-5-2-3-8-19(15)21(24)25/h2-3,5,8-11,16H,4,6-7,12-13H2,1H3,(H,22,23)(H,24,25). The zero-order chi connectivity index (χ0) is 18.5. The molecule has 0 saturated heterocycles. The molecule has 5 nitrogen and oxygen atoms in total. The Labute approximate surface area is 153 Å². The molecular formula is C21H23NO4. The molecule has 5 heteroatoms. The number of amides is 1. The number of carbonyl (C=O) groups is 2. The number of aryl methyl sites for hydroxylation is 1. The molecule has 0 radical (unpaired) electrons. The zero-order valence-corrected chi connectivity index (χ0v) is 14.8. The number of carboxylic acids is 1. The van der Waals surface area contributed by atoms with Crippen molar-refractivity contribution in [2.24, 2.45) is 0 Å². The smallest absolute Gasteiger partial charge is 0.335 e. The Balaban J connectivity index is 1.64. The molecule has 0 heterocycles. The van der Waals surface area contributed by atoms with Gasteiger partial charge in [0.25, 0.3) is 0 Å². The van der Waals surface area contributed by atoms with Gasteiger partial charge in [-0.05, 0) is 54.2 Å². The fraction of sp³-hybridized carbons (Fsp3) is 0.333. The lowest BCUT2D eigenvalue weighted by molar-refractivity contribution is -0.120. The van der Waals surface area contributed by atoms with E-state index in [2.05, 4.69) is 17.4 Å². The van der Waals surface area contributed by atoms with Crippen molar-refractivity contribution >= 4 is 11.9 Å². The topological polar surface area (TPSA) is 75.6 Å². The minimum atomic E-state index is -1.01. The van der Waals surface area contributed by atoms with Crippen molar-refractivity contribution in [3.05, 3.63) is 64.7 Å². The second-order valence-electron chi connectivity index (χ2n) is 6.60. The molecule has 2 aromatic rings. The second-order valence-corrected chi connectivity index (χ2v) is 6.60. The molecule has 2 N–H and O–H groups in total. The fourth-order valence-corrected chi connectivity index (χ4v) is 3.59. The van der Waals surface area contributed by atoms with Crippen LogP contribution in [0.3, 0.4) is 0 Å². The van der Waals surface area contributed by atoms with E-state index in [1.165, 1.54) is 17.2 Å². The van der Waals surface area contributed by atoms with Gasteiger partial charge in [0.2, 0.25) is 5.91 Å². The van der Waals surface area contributed by atoms with Crippen LogP contribution in [0.4, 0.5) is 0 Å². The summed E-state index contributed by atoms with van der Waals surface area (Å²) in [6.07, 6.45) is 3.22. The maximum atomic E-state index is 12.3. The zero-order valence-electron chi connectivity index (χ0n) is 14.8. The molecule has 0 saturated carbocycles. The van der Waals surface area contributed by atoms with Crippen LogP contribution in [0, 0.1) is 0 Å². The van der Waals surface area contributed by atoms with Crippen LogP contribution in [-0.2, 0) is 17.6 Å². The van der Waals surface area contributed by atoms with Crippen molar-refractivity contribution in [1.29, 1.82) is 0 Å². The minimum absolute atomic E-state index is 0.0741. The molecule has 1 aliphatic rings. The number of methoxy groups -OCH3 is 1. The van der Waals surface area contributed by atoms with E-state index >= 15 is 0 Å². The van der Waals surface area contributed by atoms with Crippen LogP contribution in [0.2, 0.25) is 0 Å². The highest BCUT2D eigenvalue weighted by Crippen LogP contribution is 2.33. The maximum Gasteiger partial charge on any atom is 0.335 e. The summed E-state index contributed by atoms with van der Waals surface area (Å²) >= 11 is 0. The van der Waals surface area contributed by atoms with Gasteiger partial charge in [0, 0.05) is 12.5 Å². The highest BCUT2D eigenvalue weighted by Gasteiger charge is 2.21. The third kappa shape index (κ3) is 4.04. The van der Waals surface area contributed by atoms with E-state index < -0.39 is 5.97 Å². The first kappa shape index (κ1) is 18.0. The number of carboxylic acid groups (broad SMARTS) is 1. The van der Waals surface area contributed by atoms with Gasteiger partial charge in [0.15, 0.2) is 0 Å². The SMILES string of the molecule is COc1ccc2c(c1)CCCC2CNC(=O)Cc1ccccc1C(=O)O. The van der Waals surface area contributed by atoms with E-state index in [9.17, 15) is 14.7 Å². The average Bonchev–Trinajstić information content (AvgIpc) is 2.66. The molecule has 0 aliphatic heterocycles. The molecule has 2 aromatic carbocycles. The Hall–Kier alpha value is -2.82. The minimum Gasteiger partial charge on any atom is -0.497 e. The monoisotopic (exact) mass is 353 g/mol. The lowest BCUT2D eigenvalue weighted by Crippen LogP contribution is -2.31. The Morgan fingerprint density at radius 3 is 2.81 bits per heavy atom. The predicted molar refractivity (Wildman–Crippen MR) is 98.8 cm³/mol. The van der Waals surface area contributed by atoms with E-state index in [0.29, 0.717) is 12.1 Å². The maximum absolute atomic E-state index is 12.3. The van der Waals surface area contributed by atoms with Gasteiger partial charge >= 0.3 is 5.97 Å². The number of rotatable bonds is 6. The van der Waals surface area contributed by atoms with Gasteiger partial charge in [-0.15, -0.1) is 0 Å². The number of fused-ring (bicyclic) bond motifs is 1. The molecule has 26 heavy (non-hydrogen) atoms. The third-order valence-electron chi connectivity index (χ3n) is 4.93. The van der Waals surface area contributed by atoms with Crippen LogP contribution in [0.25, 0.3) is 0 Å². The molecule has 3 rings (SSSR count). The molecule has 0 aromatic heterocycles. The summed E-state index contributed by atoms with van der Waals surface area (Å²) in [6.45, 7) is 0.563. The van der Waals surface area contributed by atoms with Crippen LogP contribution in [0.5, 0.6) is 5.75 Å². The van der Waals surface area contributed by atoms with E-state index in [1.54, 1.807) is 25.3 Å². The molecule has 0 spiro atoms. The van der Waals surface area contributed by atoms with E-state index in [-0.39, 0.29) is 23.8 Å². The number of aromatic carboxylic acids is 1. The van der Waals surface area contributed by atoms with Gasteiger partial charge in [-0.2, -0.15) is 0 Å². The molecule has 0 fully saturated rings. The Kier molecular flexibility index (Phi) is 5.56. The molecule has 1 amide bonds. The van der Waals surface area contributed by atoms with Crippen molar-refractivity contribution in [3.63, 3.8) is 0 Å². The number of benzene rings is 2. The number of carbonyl (C=O) groups excluding carboxylic acids is 1. The van der Waals surface area contributed by atoms with Gasteiger partial charge in [-0.25, -0.2) is 4.79 Å². The van der Waals surface area contributed by atoms with Crippen LogP contribution in [0.1, 0.15) is 45.8 Å². The summed E-state index contributed by atoms with van der Waals surface area (Å²) in [7, 11) is 1.66. The van der Waals surface area contributed by atoms with Crippen molar-refractivity contribution < 1.29 is 19.4 Å². The van der Waals surface area contributed by atoms with Crippen LogP contribution >= 0.6 is 0 Å². The van der Waals surface area contributed by atoms with Crippen LogP contribution < -0.4 is 10.1 Å². The molecular weight excluding hydrogens is 330 g/mol. The number of hydrogen-bond donors (Lipinski definition) is 2. The predicted octanol–water partition coefficient (Wildman–Crippen LogP) is 3.17. The second kappa shape index (κ2) is 8.04. The van der Waals surface area contributed by atoms with Gasteiger partial charge in [0.1, 0.15) is 5.75 Å². The average molecular weight is 353 g/mol. The summed E-state index contributed by atoms with van der Waals surface area (Å²) in [5.74, 6) is -0.0232. The van der Waals surface area contributed by atoms with Gasteiger partial charge in [-0.1, -0.05) is 24.3 Å². The normalized spacial score (nSPS) is 15.8. The molecule has 1 aliphatic carbocycles. The van der Waals surface area contributed by atoms with E-state index in [0.717, 1.165) is 25.0 Å². The van der Waals surface area contributed by atoms with Crippen molar-refractivity contribution in [1.82, 2.24) is 5.32 Å². The van der Waals surface area contributed by atoms with E-state index in [1.807, 2.05) is 6.07 Å². The summed E-state index contributed by atoms with van der Waals surface area (Å²) in [5.41, 5.74) is 3.26. The lowest BCUT2D eigenvalue weighted by atomic mass is 9.82. The summed E-state index contributed by atoms with van der Waals surface area (Å²) < 4.78 is 5.29. The van der Waals surface area contributed by atoms with E-state index in [4.69, 9.17) is 4.74 Å². The van der Waals surface area contributed by atoms with Crippen LogP contribution in [0.15, 0.2) is 42.5 Å². The Morgan fingerprint density at radius 2 is 2.04 bits per heavy atom. The highest BCUT2D eigenvalue weighted by molar-refractivity contribution is 5.91. The molecule has 0 bridgehead atoms. The summed E-state index contributed by atoms with van der Waals surface area (Å²) in [4.78, 5) is 23.6. The summed E-state index contributed by atoms with van der Waals surface area (Å²) in [6, 6.07) is 12.7. The van der Waals surface area contributed by atoms with Crippen LogP contribution in [-0.4, -0.2) is 30.6 Å². The first-order valence-corrected chi connectivity index (χ1v) is 8.83. The Bertz CT molecular complexity index is 815. The van der Waals surface area contributed by atoms with Crippen molar-refractivity contribution in [2.75, 3.05) is 13.7 Å². The number of ether oxygens (including phenoxy) is 1. The number of hydrogen-bond acceptors (Lipinski definition) is 3.